The van der Waals surface area contributed by atoms with E-state index in [0.717, 1.165) is 0 Å². The van der Waals surface area contributed by atoms with Crippen molar-refractivity contribution in [1.82, 2.24) is 0 Å². The van der Waals surface area contributed by atoms with Gasteiger partial charge in [-0.1, -0.05) is 58.3 Å². The highest BCUT2D eigenvalue weighted by Crippen LogP contribution is 2.30. The summed E-state index contributed by atoms with van der Waals surface area (Å²) in [4.78, 5) is 1.59. The Morgan fingerprint density at radius 3 is 0.617 bits per heavy atom. The van der Waals surface area contributed by atoms with Crippen molar-refractivity contribution in [1.29, 1.82) is 0 Å². The van der Waals surface area contributed by atoms with Crippen LogP contribution in [-0.2, 0) is 0 Å². The fraction of sp³-hybridized carbons (Fsp3) is 0.368. The summed E-state index contributed by atoms with van der Waals surface area (Å²) >= 11 is 0. The summed E-state index contributed by atoms with van der Waals surface area (Å²) in [5, 5.41) is 0. The lowest BCUT2D eigenvalue weighted by Gasteiger charge is -2.44. The Morgan fingerprint density at radius 1 is 0.267 bits per heavy atom. The Balaban J connectivity index is 0.000000544. The van der Waals surface area contributed by atoms with Crippen molar-refractivity contribution in [2.75, 3.05) is 20.6 Å². The molecule has 4 rings (SSSR count). The van der Waals surface area contributed by atoms with E-state index in [4.69, 9.17) is 0 Å². The molecule has 0 bridgehead atoms. The normalized spacial score (nSPS) is 11.8. The van der Waals surface area contributed by atoms with Gasteiger partial charge in [-0.25, -0.2) is 87.8 Å². The first kappa shape index (κ1) is 49.9. The number of quaternary nitrogens is 1. The van der Waals surface area contributed by atoms with Gasteiger partial charge in [0.15, 0.2) is 69.8 Å². The van der Waals surface area contributed by atoms with E-state index >= 15 is 35.1 Å². The molecule has 0 saturated heterocycles. The van der Waals surface area contributed by atoms with Crippen molar-refractivity contribution in [3.63, 3.8) is 0 Å². The van der Waals surface area contributed by atoms with Crippen molar-refractivity contribution in [2.45, 2.75) is 71.1 Å². The lowest BCUT2D eigenvalue weighted by atomic mass is 9.12. The molecule has 4 aromatic rings. The predicted molar refractivity (Wildman–Crippen MR) is 179 cm³/mol. The lowest BCUT2D eigenvalue weighted by Crippen LogP contribution is -3.05. The van der Waals surface area contributed by atoms with Crippen molar-refractivity contribution in [3.8, 4) is 0 Å². The summed E-state index contributed by atoms with van der Waals surface area (Å²) in [6.45, 7) is 3.63. The van der Waals surface area contributed by atoms with Gasteiger partial charge in [-0.15, -0.1) is 21.9 Å². The lowest BCUT2D eigenvalue weighted by molar-refractivity contribution is -0.858. The average Bonchev–Trinajstić information content (AvgIpc) is 3.21. The molecule has 0 amide bonds. The van der Waals surface area contributed by atoms with Gasteiger partial charge in [0.2, 0.25) is 0 Å². The first-order chi connectivity index (χ1) is 28.0. The smallest absolute Gasteiger partial charge is 0.200 e. The predicted octanol–water partition coefficient (Wildman–Crippen LogP) is 8.90. The van der Waals surface area contributed by atoms with Crippen molar-refractivity contribution < 1.29 is 92.7 Å². The van der Waals surface area contributed by atoms with Gasteiger partial charge in [-0.3, -0.25) is 0 Å². The van der Waals surface area contributed by atoms with Crippen LogP contribution in [0.5, 0.6) is 0 Å². The topological polar surface area (TPSA) is 4.44 Å². The van der Waals surface area contributed by atoms with Crippen LogP contribution in [0.25, 0.3) is 0 Å². The summed E-state index contributed by atoms with van der Waals surface area (Å²) < 4.78 is 294. The molecule has 1 N–H and O–H groups in total. The van der Waals surface area contributed by atoms with E-state index in [-0.39, 0.29) is 0 Å². The minimum atomic E-state index is -7.22. The summed E-state index contributed by atoms with van der Waals surface area (Å²) in [6, 6.07) is 0. The van der Waals surface area contributed by atoms with E-state index in [1.165, 1.54) is 70.8 Å². The Hall–Kier alpha value is -4.50. The summed E-state index contributed by atoms with van der Waals surface area (Å²) in [5.74, 6) is -71.4. The van der Waals surface area contributed by atoms with E-state index in [0.29, 0.717) is 0 Å². The van der Waals surface area contributed by atoms with E-state index < -0.39 is 144 Å². The molecule has 0 saturated carbocycles. The number of nitrogens with one attached hydrogen (secondary N) is 1. The largest absolute Gasteiger partial charge is 0.340 e. The van der Waals surface area contributed by atoms with Crippen LogP contribution in [0.4, 0.5) is 87.8 Å². The Morgan fingerprint density at radius 2 is 0.433 bits per heavy atom. The molecule has 0 spiro atoms. The molecule has 22 heteroatoms. The highest BCUT2D eigenvalue weighted by molar-refractivity contribution is 7.20. The monoisotopic (exact) mass is 893 g/mol. The van der Waals surface area contributed by atoms with Gasteiger partial charge >= 0.3 is 0 Å². The van der Waals surface area contributed by atoms with Crippen LogP contribution >= 0.6 is 0 Å². The number of benzene rings is 4. The third-order valence-electron chi connectivity index (χ3n) is 9.74. The molecule has 0 fully saturated rings. The van der Waals surface area contributed by atoms with Gasteiger partial charge in [-0.2, -0.15) is 0 Å². The highest BCUT2D eigenvalue weighted by atomic mass is 19.2. The third kappa shape index (κ3) is 9.07. The average molecular weight is 893 g/mol. The van der Waals surface area contributed by atoms with Gasteiger partial charge in [0.05, 0.1) is 20.6 Å². The Labute approximate surface area is 328 Å². The molecule has 60 heavy (non-hydrogen) atoms. The third-order valence-corrected chi connectivity index (χ3v) is 9.74. The second-order valence-corrected chi connectivity index (χ2v) is 13.9. The maximum Gasteiger partial charge on any atom is 0.200 e. The number of hydrogen-bond donors (Lipinski definition) is 1. The first-order valence-electron chi connectivity index (χ1n) is 18.0. The maximum absolute atomic E-state index is 15.4. The number of hydrogen-bond acceptors (Lipinski definition) is 0. The number of halogens is 20. The molecule has 0 aliphatic heterocycles. The van der Waals surface area contributed by atoms with Crippen LogP contribution in [-0.4, -0.2) is 26.8 Å². The molecule has 1 nitrogen and oxygen atoms in total. The molecule has 332 valence electrons. The fourth-order valence-corrected chi connectivity index (χ4v) is 6.84. The van der Waals surface area contributed by atoms with Crippen LogP contribution in [0.2, 0.25) is 0 Å². The zero-order valence-corrected chi connectivity index (χ0v) is 31.4. The molecular formula is C38H32BF20N. The van der Waals surface area contributed by atoms with Gasteiger partial charge in [0.1, 0.15) is 52.7 Å². The van der Waals surface area contributed by atoms with Gasteiger partial charge in [0.25, 0.3) is 0 Å². The van der Waals surface area contributed by atoms with Gasteiger partial charge in [-0.05, 0) is 12.8 Å². The number of unbranched alkanes of at least 4 members (excludes halogenated alkanes) is 9. The molecule has 0 aliphatic carbocycles. The minimum absolute atomic E-state index is 1.34. The number of rotatable bonds is 15. The van der Waals surface area contributed by atoms with Gasteiger partial charge < -0.3 is 4.90 Å². The molecule has 0 unspecified atom stereocenters. The summed E-state index contributed by atoms with van der Waals surface area (Å²) in [6.07, 6.45) is 7.24. The standard InChI is InChI=1S/C24BF20.C14H31N/c26-5-1(6(27)14(35)21(42)13(5)34)25(2-7(28)15(36)22(43)16(37)8(2)29,3-9(30)17(38)23(44)18(39)10(3)31)4-11(32)19(40)24(45)20(41)12(4)33;1-4-5-6-7-8-9-10-11-12-13-14-15(2)3/h;4-14H2,1-3H3/q-1;/p+1. The highest BCUT2D eigenvalue weighted by Gasteiger charge is 2.52. The van der Waals surface area contributed by atoms with Crippen LogP contribution < -0.4 is 26.8 Å². The molecule has 0 atom stereocenters. The van der Waals surface area contributed by atoms with Crippen LogP contribution in [0.3, 0.4) is 0 Å². The zero-order valence-electron chi connectivity index (χ0n) is 31.4. The second kappa shape index (κ2) is 20.4. The van der Waals surface area contributed by atoms with E-state index in [2.05, 4.69) is 21.0 Å². The second-order valence-electron chi connectivity index (χ2n) is 13.9. The van der Waals surface area contributed by atoms with E-state index in [1.807, 2.05) is 0 Å². The van der Waals surface area contributed by atoms with Crippen molar-refractivity contribution >= 4 is 28.0 Å². The fourth-order valence-electron chi connectivity index (χ4n) is 6.84. The van der Waals surface area contributed by atoms with Crippen LogP contribution in [0.1, 0.15) is 71.1 Å². The molecular weight excluding hydrogens is 861 g/mol. The zero-order chi connectivity index (χ0) is 45.7. The van der Waals surface area contributed by atoms with Crippen molar-refractivity contribution in [2.24, 2.45) is 0 Å². The van der Waals surface area contributed by atoms with E-state index in [9.17, 15) is 52.7 Å². The molecule has 0 heterocycles. The Kier molecular flexibility index (Phi) is 16.9. The Bertz CT molecular complexity index is 1830. The summed E-state index contributed by atoms with van der Waals surface area (Å²) in [7, 11) is 4.49. The van der Waals surface area contributed by atoms with Crippen LogP contribution in [0, 0.1) is 116 Å². The van der Waals surface area contributed by atoms with Crippen LogP contribution in [0.15, 0.2) is 0 Å². The molecule has 0 radical (unpaired) electrons. The van der Waals surface area contributed by atoms with Crippen molar-refractivity contribution in [3.05, 3.63) is 116 Å². The van der Waals surface area contributed by atoms with Gasteiger partial charge in [0, 0.05) is 0 Å². The molecule has 0 aliphatic rings. The SMILES string of the molecule is CCCCCCCCCCCC[NH+](C)C.Fc1c(F)c(F)c([B-](c2c(F)c(F)c(F)c(F)c2F)(c2c(F)c(F)c(F)c(F)c2F)c2c(F)c(F)c(F)c(F)c2F)c(F)c1F. The summed E-state index contributed by atoms with van der Waals surface area (Å²) in [5.41, 5.74) is -14.3. The quantitative estimate of drug-likeness (QED) is 0.0400. The molecule has 0 aromatic heterocycles. The maximum atomic E-state index is 15.4. The first-order valence-corrected chi connectivity index (χ1v) is 18.0. The minimum Gasteiger partial charge on any atom is -0.340 e. The van der Waals surface area contributed by atoms with E-state index in [1.54, 1.807) is 4.90 Å². The molecule has 4 aromatic carbocycles.